The fourth-order valence-electron chi connectivity index (χ4n) is 2.83. The zero-order valence-electron chi connectivity index (χ0n) is 11.7. The van der Waals surface area contributed by atoms with E-state index in [1.807, 2.05) is 12.1 Å². The van der Waals surface area contributed by atoms with E-state index in [2.05, 4.69) is 35.9 Å². The molecule has 1 aliphatic rings. The van der Waals surface area contributed by atoms with Crippen molar-refractivity contribution in [2.24, 2.45) is 0 Å². The van der Waals surface area contributed by atoms with Crippen LogP contribution in [-0.4, -0.2) is 29.7 Å². The first-order valence-corrected chi connectivity index (χ1v) is 7.18. The van der Waals surface area contributed by atoms with Gasteiger partial charge in [0.2, 0.25) is 0 Å². The van der Waals surface area contributed by atoms with Gasteiger partial charge in [-0.3, -0.25) is 4.90 Å². The molecule has 0 saturated heterocycles. The van der Waals surface area contributed by atoms with Crippen molar-refractivity contribution in [3.05, 3.63) is 35.4 Å². The quantitative estimate of drug-likeness (QED) is 0.842. The monoisotopic (exact) mass is 257 g/mol. The summed E-state index contributed by atoms with van der Waals surface area (Å²) >= 11 is 0. The average Bonchev–Trinajstić information content (AvgIpc) is 2.46. The minimum Gasteiger partial charge on any atom is -0.384 e. The average molecular weight is 257 g/mol. The van der Waals surface area contributed by atoms with E-state index in [-0.39, 0.29) is 6.61 Å². The number of hydrogen-bond donors (Lipinski definition) is 1. The standard InChI is InChI=1S/C17H23NO/c1-18(17-10-3-2-4-11-17)14-16-8-5-7-15(13-16)9-6-12-19/h5,7-8,13,17,19H,2-4,10-12,14H2,1H3. The third-order valence-corrected chi connectivity index (χ3v) is 3.87. The molecule has 0 atom stereocenters. The van der Waals surface area contributed by atoms with Crippen LogP contribution in [0.15, 0.2) is 24.3 Å². The molecule has 1 saturated carbocycles. The van der Waals surface area contributed by atoms with Crippen molar-refractivity contribution >= 4 is 0 Å². The van der Waals surface area contributed by atoms with Crippen LogP contribution in [0, 0.1) is 11.8 Å². The fourth-order valence-corrected chi connectivity index (χ4v) is 2.83. The van der Waals surface area contributed by atoms with Gasteiger partial charge in [-0.05, 0) is 37.6 Å². The van der Waals surface area contributed by atoms with Crippen molar-refractivity contribution < 1.29 is 5.11 Å². The van der Waals surface area contributed by atoms with Crippen molar-refractivity contribution in [1.29, 1.82) is 0 Å². The third kappa shape index (κ3) is 4.38. The van der Waals surface area contributed by atoms with E-state index in [9.17, 15) is 0 Å². The van der Waals surface area contributed by atoms with Crippen LogP contribution in [0.1, 0.15) is 43.2 Å². The number of hydrogen-bond acceptors (Lipinski definition) is 2. The maximum absolute atomic E-state index is 8.73. The predicted octanol–water partition coefficient (Wildman–Crippen LogP) is 2.79. The molecule has 2 nitrogen and oxygen atoms in total. The summed E-state index contributed by atoms with van der Waals surface area (Å²) in [4.78, 5) is 2.47. The molecule has 2 rings (SSSR count). The molecule has 0 bridgehead atoms. The van der Waals surface area contributed by atoms with Crippen LogP contribution < -0.4 is 0 Å². The van der Waals surface area contributed by atoms with Crippen molar-refractivity contribution in [1.82, 2.24) is 4.90 Å². The van der Waals surface area contributed by atoms with E-state index >= 15 is 0 Å². The summed E-state index contributed by atoms with van der Waals surface area (Å²) in [7, 11) is 2.22. The lowest BCUT2D eigenvalue weighted by molar-refractivity contribution is 0.184. The summed E-state index contributed by atoms with van der Waals surface area (Å²) in [5, 5.41) is 8.73. The third-order valence-electron chi connectivity index (χ3n) is 3.87. The van der Waals surface area contributed by atoms with Crippen LogP contribution in [0.2, 0.25) is 0 Å². The van der Waals surface area contributed by atoms with Crippen LogP contribution >= 0.6 is 0 Å². The molecule has 19 heavy (non-hydrogen) atoms. The predicted molar refractivity (Wildman–Crippen MR) is 78.7 cm³/mol. The molecule has 2 heteroatoms. The van der Waals surface area contributed by atoms with Crippen molar-refractivity contribution in [2.45, 2.75) is 44.7 Å². The molecular formula is C17H23NO. The molecular weight excluding hydrogens is 234 g/mol. The Balaban J connectivity index is 1.97. The maximum Gasteiger partial charge on any atom is 0.104 e. The fraction of sp³-hybridized carbons (Fsp3) is 0.529. The number of benzene rings is 1. The van der Waals surface area contributed by atoms with E-state index in [1.165, 1.54) is 37.7 Å². The summed E-state index contributed by atoms with van der Waals surface area (Å²) in [6.07, 6.45) is 6.81. The van der Waals surface area contributed by atoms with Gasteiger partial charge in [-0.2, -0.15) is 0 Å². The maximum atomic E-state index is 8.73. The number of aliphatic hydroxyl groups excluding tert-OH is 1. The summed E-state index contributed by atoms with van der Waals surface area (Å²) in [5.41, 5.74) is 2.29. The number of aliphatic hydroxyl groups is 1. The van der Waals surface area contributed by atoms with E-state index in [4.69, 9.17) is 5.11 Å². The van der Waals surface area contributed by atoms with Crippen LogP contribution in [0.25, 0.3) is 0 Å². The highest BCUT2D eigenvalue weighted by Crippen LogP contribution is 2.22. The molecule has 0 radical (unpaired) electrons. The minimum absolute atomic E-state index is 0.0772. The number of rotatable bonds is 3. The Kier molecular flexibility index (Phi) is 5.44. The van der Waals surface area contributed by atoms with Gasteiger partial charge < -0.3 is 5.11 Å². The first-order chi connectivity index (χ1) is 9.29. The van der Waals surface area contributed by atoms with Crippen molar-refractivity contribution in [3.8, 4) is 11.8 Å². The second-order valence-electron chi connectivity index (χ2n) is 5.37. The van der Waals surface area contributed by atoms with Crippen LogP contribution in [0.4, 0.5) is 0 Å². The largest absolute Gasteiger partial charge is 0.384 e. The summed E-state index contributed by atoms with van der Waals surface area (Å²) < 4.78 is 0. The van der Waals surface area contributed by atoms with Crippen LogP contribution in [-0.2, 0) is 6.54 Å². The Hall–Kier alpha value is -1.30. The van der Waals surface area contributed by atoms with Gasteiger partial charge in [0.25, 0.3) is 0 Å². The normalized spacial score (nSPS) is 16.2. The molecule has 1 fully saturated rings. The van der Waals surface area contributed by atoms with Crippen LogP contribution in [0.5, 0.6) is 0 Å². The first kappa shape index (κ1) is 14.1. The lowest BCUT2D eigenvalue weighted by Crippen LogP contribution is -2.32. The Morgan fingerprint density at radius 1 is 1.26 bits per heavy atom. The summed E-state index contributed by atoms with van der Waals surface area (Å²) in [6.45, 7) is 0.908. The molecule has 1 aromatic carbocycles. The lowest BCUT2D eigenvalue weighted by Gasteiger charge is -2.31. The van der Waals surface area contributed by atoms with E-state index in [1.54, 1.807) is 0 Å². The topological polar surface area (TPSA) is 23.5 Å². The second kappa shape index (κ2) is 7.33. The zero-order valence-corrected chi connectivity index (χ0v) is 11.7. The Labute approximate surface area is 116 Å². The highest BCUT2D eigenvalue weighted by molar-refractivity contribution is 5.37. The zero-order chi connectivity index (χ0) is 13.5. The van der Waals surface area contributed by atoms with Crippen LogP contribution in [0.3, 0.4) is 0 Å². The molecule has 0 aliphatic heterocycles. The molecule has 0 heterocycles. The Morgan fingerprint density at radius 3 is 2.79 bits per heavy atom. The van der Waals surface area contributed by atoms with E-state index < -0.39 is 0 Å². The molecule has 0 amide bonds. The summed E-state index contributed by atoms with van der Waals surface area (Å²) in [6, 6.07) is 9.06. The molecule has 1 N–H and O–H groups in total. The highest BCUT2D eigenvalue weighted by atomic mass is 16.2. The Bertz CT molecular complexity index is 452. The SMILES string of the molecule is CN(Cc1cccc(C#CCO)c1)C1CCCCC1. The van der Waals surface area contributed by atoms with Gasteiger partial charge >= 0.3 is 0 Å². The van der Waals surface area contributed by atoms with Gasteiger partial charge in [0, 0.05) is 18.2 Å². The smallest absolute Gasteiger partial charge is 0.104 e. The van der Waals surface area contributed by atoms with Gasteiger partial charge in [0.05, 0.1) is 0 Å². The van der Waals surface area contributed by atoms with Crippen molar-refractivity contribution in [3.63, 3.8) is 0 Å². The van der Waals surface area contributed by atoms with Gasteiger partial charge in [-0.1, -0.05) is 43.2 Å². The lowest BCUT2D eigenvalue weighted by atomic mass is 9.94. The molecule has 102 valence electrons. The molecule has 0 aromatic heterocycles. The van der Waals surface area contributed by atoms with E-state index in [0.29, 0.717) is 0 Å². The van der Waals surface area contributed by atoms with Gasteiger partial charge in [-0.15, -0.1) is 0 Å². The van der Waals surface area contributed by atoms with E-state index in [0.717, 1.165) is 18.2 Å². The molecule has 0 unspecified atom stereocenters. The summed E-state index contributed by atoms with van der Waals surface area (Å²) in [5.74, 6) is 5.67. The first-order valence-electron chi connectivity index (χ1n) is 7.18. The van der Waals surface area contributed by atoms with Gasteiger partial charge in [-0.25, -0.2) is 0 Å². The van der Waals surface area contributed by atoms with Gasteiger partial charge in [0.1, 0.15) is 6.61 Å². The van der Waals surface area contributed by atoms with Gasteiger partial charge in [0.15, 0.2) is 0 Å². The highest BCUT2D eigenvalue weighted by Gasteiger charge is 2.17. The molecule has 1 aromatic rings. The Morgan fingerprint density at radius 2 is 2.05 bits per heavy atom. The molecule has 1 aliphatic carbocycles. The minimum atomic E-state index is -0.0772. The second-order valence-corrected chi connectivity index (χ2v) is 5.37. The molecule has 0 spiro atoms. The number of nitrogens with zero attached hydrogens (tertiary/aromatic N) is 1. The van der Waals surface area contributed by atoms with Crippen molar-refractivity contribution in [2.75, 3.05) is 13.7 Å².